The second-order valence-corrected chi connectivity index (χ2v) is 7.80. The van der Waals surface area contributed by atoms with Gasteiger partial charge in [0.25, 0.3) is 10.0 Å². The van der Waals surface area contributed by atoms with E-state index in [1.165, 1.54) is 4.31 Å². The zero-order chi connectivity index (χ0) is 16.6. The van der Waals surface area contributed by atoms with Gasteiger partial charge in [0.2, 0.25) is 0 Å². The first-order chi connectivity index (χ1) is 10.9. The van der Waals surface area contributed by atoms with Crippen LogP contribution in [0.3, 0.4) is 0 Å². The molecule has 0 fully saturated rings. The van der Waals surface area contributed by atoms with Gasteiger partial charge in [-0.05, 0) is 44.5 Å². The first kappa shape index (κ1) is 15.7. The number of nitrogens with zero attached hydrogens (tertiary/aromatic N) is 1. The third-order valence-electron chi connectivity index (χ3n) is 4.10. The number of carbonyl (C=O) groups is 1. The van der Waals surface area contributed by atoms with Crippen LogP contribution in [-0.2, 0) is 10.0 Å². The van der Waals surface area contributed by atoms with Crippen molar-refractivity contribution in [3.8, 4) is 0 Å². The fraction of sp³-hybridized carbons (Fsp3) is 0.278. The Hall–Kier alpha value is -2.14. The van der Waals surface area contributed by atoms with E-state index in [2.05, 4.69) is 0 Å². The highest BCUT2D eigenvalue weighted by atomic mass is 32.2. The van der Waals surface area contributed by atoms with Crippen LogP contribution >= 0.6 is 0 Å². The van der Waals surface area contributed by atoms with Crippen LogP contribution in [0.15, 0.2) is 47.4 Å². The van der Waals surface area contributed by atoms with E-state index >= 15 is 0 Å². The number of benzene rings is 2. The molecule has 0 saturated carbocycles. The molecule has 4 nitrogen and oxygen atoms in total. The van der Waals surface area contributed by atoms with Gasteiger partial charge in [0.1, 0.15) is 0 Å². The van der Waals surface area contributed by atoms with Crippen molar-refractivity contribution in [2.45, 2.75) is 31.6 Å². The van der Waals surface area contributed by atoms with Gasteiger partial charge in [0.15, 0.2) is 5.78 Å². The molecule has 0 radical (unpaired) electrons. The lowest BCUT2D eigenvalue weighted by Gasteiger charge is -2.24. The standard InChI is InChI=1S/C18H19NO3S/c1-13-5-8-15(9-6-13)23(21,22)19-11-3-4-18(20)16-12-14(2)7-10-17(16)19/h5-10,12H,3-4,11H2,1-2H3. The Labute approximate surface area is 136 Å². The Morgan fingerprint density at radius 2 is 1.61 bits per heavy atom. The maximum absolute atomic E-state index is 13.0. The SMILES string of the molecule is Cc1ccc(S(=O)(=O)N2CCCC(=O)c3cc(C)ccc32)cc1. The predicted molar refractivity (Wildman–Crippen MR) is 90.5 cm³/mol. The van der Waals surface area contributed by atoms with E-state index in [0.29, 0.717) is 30.6 Å². The lowest BCUT2D eigenvalue weighted by Crippen LogP contribution is -2.31. The molecule has 23 heavy (non-hydrogen) atoms. The summed E-state index contributed by atoms with van der Waals surface area (Å²) in [5.41, 5.74) is 2.94. The first-order valence-corrected chi connectivity index (χ1v) is 9.07. The molecule has 0 unspecified atom stereocenters. The van der Waals surface area contributed by atoms with Gasteiger partial charge in [0.05, 0.1) is 10.6 Å². The van der Waals surface area contributed by atoms with Crippen LogP contribution in [0.1, 0.15) is 34.3 Å². The van der Waals surface area contributed by atoms with Crippen LogP contribution in [-0.4, -0.2) is 20.7 Å². The van der Waals surface area contributed by atoms with E-state index in [4.69, 9.17) is 0 Å². The topological polar surface area (TPSA) is 54.5 Å². The van der Waals surface area contributed by atoms with E-state index < -0.39 is 10.0 Å². The van der Waals surface area contributed by atoms with Crippen molar-refractivity contribution in [2.75, 3.05) is 10.8 Å². The minimum absolute atomic E-state index is 0.00491. The number of carbonyl (C=O) groups excluding carboxylic acids is 1. The Balaban J connectivity index is 2.14. The number of aryl methyl sites for hydroxylation is 2. The van der Waals surface area contributed by atoms with Gasteiger partial charge in [-0.1, -0.05) is 29.3 Å². The molecule has 0 amide bonds. The fourth-order valence-electron chi connectivity index (χ4n) is 2.82. The average molecular weight is 329 g/mol. The van der Waals surface area contributed by atoms with Crippen molar-refractivity contribution in [3.05, 3.63) is 59.2 Å². The summed E-state index contributed by atoms with van der Waals surface area (Å²) in [5.74, 6) is 0.00491. The summed E-state index contributed by atoms with van der Waals surface area (Å²) in [6.07, 6.45) is 0.897. The molecule has 0 N–H and O–H groups in total. The molecule has 2 aromatic carbocycles. The van der Waals surface area contributed by atoms with Crippen LogP contribution in [0.2, 0.25) is 0 Å². The summed E-state index contributed by atoms with van der Waals surface area (Å²) in [4.78, 5) is 12.5. The van der Waals surface area contributed by atoms with Crippen LogP contribution in [0.25, 0.3) is 0 Å². The number of fused-ring (bicyclic) bond motifs is 1. The number of hydrogen-bond donors (Lipinski definition) is 0. The summed E-state index contributed by atoms with van der Waals surface area (Å²) in [6.45, 7) is 4.13. The third-order valence-corrected chi connectivity index (χ3v) is 5.92. The summed E-state index contributed by atoms with van der Waals surface area (Å²) < 4.78 is 27.4. The zero-order valence-corrected chi connectivity index (χ0v) is 14.1. The number of rotatable bonds is 2. The number of ketones is 1. The number of hydrogen-bond acceptors (Lipinski definition) is 3. The van der Waals surface area contributed by atoms with Crippen molar-refractivity contribution >= 4 is 21.5 Å². The van der Waals surface area contributed by atoms with Crippen molar-refractivity contribution in [1.82, 2.24) is 0 Å². The molecule has 2 aromatic rings. The molecule has 120 valence electrons. The minimum Gasteiger partial charge on any atom is -0.294 e. The molecule has 0 atom stereocenters. The van der Waals surface area contributed by atoms with Gasteiger partial charge >= 0.3 is 0 Å². The van der Waals surface area contributed by atoms with Gasteiger partial charge in [-0.2, -0.15) is 0 Å². The van der Waals surface area contributed by atoms with Crippen molar-refractivity contribution < 1.29 is 13.2 Å². The lowest BCUT2D eigenvalue weighted by atomic mass is 10.0. The van der Waals surface area contributed by atoms with E-state index in [-0.39, 0.29) is 10.7 Å². The quantitative estimate of drug-likeness (QED) is 0.847. The minimum atomic E-state index is -3.67. The lowest BCUT2D eigenvalue weighted by molar-refractivity contribution is 0.0983. The average Bonchev–Trinajstić information content (AvgIpc) is 2.67. The number of sulfonamides is 1. The monoisotopic (exact) mass is 329 g/mol. The van der Waals surface area contributed by atoms with E-state index in [1.807, 2.05) is 19.9 Å². The molecule has 1 aliphatic heterocycles. The smallest absolute Gasteiger partial charge is 0.264 e. The van der Waals surface area contributed by atoms with Crippen LogP contribution in [0, 0.1) is 13.8 Å². The molecule has 1 aliphatic rings. The second-order valence-electron chi connectivity index (χ2n) is 5.94. The highest BCUT2D eigenvalue weighted by Crippen LogP contribution is 2.32. The summed E-state index contributed by atoms with van der Waals surface area (Å²) in [5, 5.41) is 0. The van der Waals surface area contributed by atoms with E-state index in [1.54, 1.807) is 36.4 Å². The summed E-state index contributed by atoms with van der Waals surface area (Å²) in [6, 6.07) is 12.2. The predicted octanol–water partition coefficient (Wildman–Crippen LogP) is 3.48. The van der Waals surface area contributed by atoms with Crippen molar-refractivity contribution in [1.29, 1.82) is 0 Å². The Morgan fingerprint density at radius 1 is 0.957 bits per heavy atom. The van der Waals surface area contributed by atoms with Crippen LogP contribution in [0.5, 0.6) is 0 Å². The van der Waals surface area contributed by atoms with Crippen LogP contribution < -0.4 is 4.31 Å². The second kappa shape index (κ2) is 5.81. The highest BCUT2D eigenvalue weighted by molar-refractivity contribution is 7.92. The van der Waals surface area contributed by atoms with Gasteiger partial charge in [-0.3, -0.25) is 9.10 Å². The number of anilines is 1. The van der Waals surface area contributed by atoms with Gasteiger partial charge in [0, 0.05) is 18.5 Å². The molecule has 0 saturated heterocycles. The van der Waals surface area contributed by atoms with Crippen molar-refractivity contribution in [2.24, 2.45) is 0 Å². The summed E-state index contributed by atoms with van der Waals surface area (Å²) >= 11 is 0. The van der Waals surface area contributed by atoms with E-state index in [9.17, 15) is 13.2 Å². The zero-order valence-electron chi connectivity index (χ0n) is 13.2. The molecule has 0 spiro atoms. The highest BCUT2D eigenvalue weighted by Gasteiger charge is 2.30. The molecule has 0 aromatic heterocycles. The first-order valence-electron chi connectivity index (χ1n) is 7.63. The molecule has 5 heteroatoms. The van der Waals surface area contributed by atoms with E-state index in [0.717, 1.165) is 11.1 Å². The van der Waals surface area contributed by atoms with Gasteiger partial charge < -0.3 is 0 Å². The molecule has 0 aliphatic carbocycles. The Kier molecular flexibility index (Phi) is 3.98. The molecule has 1 heterocycles. The summed E-state index contributed by atoms with van der Waals surface area (Å²) in [7, 11) is -3.67. The number of Topliss-reactive ketones (excluding diaryl/α,β-unsaturated/α-hetero) is 1. The maximum Gasteiger partial charge on any atom is 0.264 e. The normalized spacial score (nSPS) is 15.2. The molecular weight excluding hydrogens is 310 g/mol. The van der Waals surface area contributed by atoms with Gasteiger partial charge in [-0.15, -0.1) is 0 Å². The Morgan fingerprint density at radius 3 is 2.30 bits per heavy atom. The molecule has 0 bridgehead atoms. The van der Waals surface area contributed by atoms with Crippen molar-refractivity contribution in [3.63, 3.8) is 0 Å². The Bertz CT molecular complexity index is 854. The molecular formula is C18H19NO3S. The van der Waals surface area contributed by atoms with Crippen LogP contribution in [0.4, 0.5) is 5.69 Å². The third kappa shape index (κ3) is 2.88. The maximum atomic E-state index is 13.0. The fourth-order valence-corrected chi connectivity index (χ4v) is 4.34. The molecule has 3 rings (SSSR count). The van der Waals surface area contributed by atoms with Gasteiger partial charge in [-0.25, -0.2) is 8.42 Å². The largest absolute Gasteiger partial charge is 0.294 e.